The SMILES string of the molecule is Cc1cc(C)cc(Nc2ccc(C(N)=O)cc2)c1. The molecule has 0 heterocycles. The molecule has 3 N–H and O–H groups in total. The van der Waals surface area contributed by atoms with Crippen molar-refractivity contribution in [2.24, 2.45) is 5.73 Å². The largest absolute Gasteiger partial charge is 0.366 e. The van der Waals surface area contributed by atoms with E-state index >= 15 is 0 Å². The summed E-state index contributed by atoms with van der Waals surface area (Å²) >= 11 is 0. The molecule has 0 aliphatic carbocycles. The summed E-state index contributed by atoms with van der Waals surface area (Å²) < 4.78 is 0. The van der Waals surface area contributed by atoms with Gasteiger partial charge in [0.25, 0.3) is 0 Å². The molecule has 0 aliphatic rings. The van der Waals surface area contributed by atoms with Gasteiger partial charge in [-0.05, 0) is 61.4 Å². The predicted molar refractivity (Wildman–Crippen MR) is 74.2 cm³/mol. The third-order valence-electron chi connectivity index (χ3n) is 2.68. The zero-order chi connectivity index (χ0) is 13.1. The second kappa shape index (κ2) is 4.92. The van der Waals surface area contributed by atoms with Gasteiger partial charge in [-0.1, -0.05) is 6.07 Å². The van der Waals surface area contributed by atoms with E-state index in [1.807, 2.05) is 12.1 Å². The van der Waals surface area contributed by atoms with Gasteiger partial charge in [-0.2, -0.15) is 0 Å². The van der Waals surface area contributed by atoms with Gasteiger partial charge >= 0.3 is 0 Å². The van der Waals surface area contributed by atoms with Gasteiger partial charge in [0.05, 0.1) is 0 Å². The average molecular weight is 240 g/mol. The number of carbonyl (C=O) groups excluding carboxylic acids is 1. The van der Waals surface area contributed by atoms with E-state index in [4.69, 9.17) is 5.73 Å². The van der Waals surface area contributed by atoms with Crippen LogP contribution < -0.4 is 11.1 Å². The predicted octanol–water partition coefficient (Wildman–Crippen LogP) is 3.15. The summed E-state index contributed by atoms with van der Waals surface area (Å²) in [5.74, 6) is -0.409. The maximum Gasteiger partial charge on any atom is 0.248 e. The van der Waals surface area contributed by atoms with Crippen molar-refractivity contribution in [3.8, 4) is 0 Å². The lowest BCUT2D eigenvalue weighted by molar-refractivity contribution is 0.100. The fourth-order valence-electron chi connectivity index (χ4n) is 1.93. The van der Waals surface area contributed by atoms with E-state index in [0.29, 0.717) is 5.56 Å². The molecular formula is C15H16N2O. The number of anilines is 2. The Morgan fingerprint density at radius 3 is 2.00 bits per heavy atom. The van der Waals surface area contributed by atoms with Crippen molar-refractivity contribution in [3.05, 3.63) is 59.2 Å². The number of hydrogen-bond acceptors (Lipinski definition) is 2. The molecule has 0 atom stereocenters. The molecule has 0 aromatic heterocycles. The molecule has 0 bridgehead atoms. The van der Waals surface area contributed by atoms with Crippen molar-refractivity contribution in [2.45, 2.75) is 13.8 Å². The fraction of sp³-hybridized carbons (Fsp3) is 0.133. The normalized spacial score (nSPS) is 10.1. The van der Waals surface area contributed by atoms with Crippen LogP contribution in [0.5, 0.6) is 0 Å². The second-order valence-electron chi connectivity index (χ2n) is 4.44. The molecule has 0 radical (unpaired) electrons. The van der Waals surface area contributed by atoms with Crippen LogP contribution in [0.1, 0.15) is 21.5 Å². The van der Waals surface area contributed by atoms with Gasteiger partial charge < -0.3 is 11.1 Å². The third-order valence-corrected chi connectivity index (χ3v) is 2.68. The van der Waals surface area contributed by atoms with E-state index in [2.05, 4.69) is 37.4 Å². The van der Waals surface area contributed by atoms with Gasteiger partial charge in [-0.25, -0.2) is 0 Å². The van der Waals surface area contributed by atoms with Crippen LogP contribution in [0, 0.1) is 13.8 Å². The van der Waals surface area contributed by atoms with Crippen molar-refractivity contribution in [1.29, 1.82) is 0 Å². The van der Waals surface area contributed by atoms with Gasteiger partial charge in [0.15, 0.2) is 0 Å². The van der Waals surface area contributed by atoms with E-state index in [9.17, 15) is 4.79 Å². The number of nitrogens with two attached hydrogens (primary N) is 1. The molecule has 2 aromatic carbocycles. The first-order valence-electron chi connectivity index (χ1n) is 5.80. The van der Waals surface area contributed by atoms with Crippen molar-refractivity contribution < 1.29 is 4.79 Å². The molecule has 0 saturated heterocycles. The van der Waals surface area contributed by atoms with Crippen molar-refractivity contribution in [3.63, 3.8) is 0 Å². The molecule has 0 aliphatic heterocycles. The highest BCUT2D eigenvalue weighted by Gasteiger charge is 2.00. The van der Waals surface area contributed by atoms with Gasteiger partial charge in [-0.15, -0.1) is 0 Å². The minimum absolute atomic E-state index is 0.409. The van der Waals surface area contributed by atoms with Crippen LogP contribution in [0.3, 0.4) is 0 Å². The first-order chi connectivity index (χ1) is 8.54. The number of rotatable bonds is 3. The minimum atomic E-state index is -0.409. The van der Waals surface area contributed by atoms with Crippen molar-refractivity contribution >= 4 is 17.3 Å². The number of aryl methyl sites for hydroxylation is 2. The van der Waals surface area contributed by atoms with Gasteiger partial charge in [-0.3, -0.25) is 4.79 Å². The van der Waals surface area contributed by atoms with Gasteiger partial charge in [0, 0.05) is 16.9 Å². The summed E-state index contributed by atoms with van der Waals surface area (Å²) in [6.07, 6.45) is 0. The highest BCUT2D eigenvalue weighted by molar-refractivity contribution is 5.93. The molecule has 3 nitrogen and oxygen atoms in total. The van der Waals surface area contributed by atoms with Crippen LogP contribution in [0.4, 0.5) is 11.4 Å². The van der Waals surface area contributed by atoms with Crippen molar-refractivity contribution in [2.75, 3.05) is 5.32 Å². The van der Waals surface area contributed by atoms with Crippen LogP contribution in [0.2, 0.25) is 0 Å². The second-order valence-corrected chi connectivity index (χ2v) is 4.44. The minimum Gasteiger partial charge on any atom is -0.366 e. The van der Waals surface area contributed by atoms with Crippen LogP contribution in [0.25, 0.3) is 0 Å². The number of carbonyl (C=O) groups is 1. The first-order valence-corrected chi connectivity index (χ1v) is 5.80. The van der Waals surface area contributed by atoms with Gasteiger partial charge in [0.2, 0.25) is 5.91 Å². The summed E-state index contributed by atoms with van der Waals surface area (Å²) in [4.78, 5) is 11.0. The molecule has 0 unspecified atom stereocenters. The Bertz CT molecular complexity index is 553. The van der Waals surface area contributed by atoms with E-state index in [0.717, 1.165) is 11.4 Å². The van der Waals surface area contributed by atoms with Crippen LogP contribution >= 0.6 is 0 Å². The molecule has 1 amide bonds. The van der Waals surface area contributed by atoms with Crippen LogP contribution in [-0.4, -0.2) is 5.91 Å². The number of benzene rings is 2. The maximum atomic E-state index is 11.0. The van der Waals surface area contributed by atoms with Crippen LogP contribution in [0.15, 0.2) is 42.5 Å². The summed E-state index contributed by atoms with van der Waals surface area (Å²) in [5.41, 5.74) is 10.1. The number of hydrogen-bond donors (Lipinski definition) is 2. The molecule has 3 heteroatoms. The molecule has 0 fully saturated rings. The first kappa shape index (κ1) is 12.2. The Balaban J connectivity index is 2.20. The van der Waals surface area contributed by atoms with E-state index < -0.39 is 5.91 Å². The summed E-state index contributed by atoms with van der Waals surface area (Å²) in [5, 5.41) is 3.30. The zero-order valence-corrected chi connectivity index (χ0v) is 10.5. The Labute approximate surface area is 107 Å². The monoisotopic (exact) mass is 240 g/mol. The smallest absolute Gasteiger partial charge is 0.248 e. The molecule has 2 aromatic rings. The molecule has 92 valence electrons. The highest BCUT2D eigenvalue weighted by Crippen LogP contribution is 2.19. The number of amides is 1. The molecular weight excluding hydrogens is 224 g/mol. The lowest BCUT2D eigenvalue weighted by Gasteiger charge is -2.09. The standard InChI is InChI=1S/C15H16N2O/c1-10-7-11(2)9-14(8-10)17-13-5-3-12(4-6-13)15(16)18/h3-9,17H,1-2H3,(H2,16,18). The zero-order valence-electron chi connectivity index (χ0n) is 10.5. The number of nitrogens with one attached hydrogen (secondary N) is 1. The summed E-state index contributed by atoms with van der Waals surface area (Å²) in [6.45, 7) is 4.13. The lowest BCUT2D eigenvalue weighted by atomic mass is 10.1. The Morgan fingerprint density at radius 2 is 1.50 bits per heavy atom. The van der Waals surface area contributed by atoms with Gasteiger partial charge in [0.1, 0.15) is 0 Å². The Hall–Kier alpha value is -2.29. The highest BCUT2D eigenvalue weighted by atomic mass is 16.1. The quantitative estimate of drug-likeness (QED) is 0.865. The molecule has 2 rings (SSSR count). The average Bonchev–Trinajstić information content (AvgIpc) is 2.28. The molecule has 18 heavy (non-hydrogen) atoms. The maximum absolute atomic E-state index is 11.0. The van der Waals surface area contributed by atoms with Crippen LogP contribution in [-0.2, 0) is 0 Å². The fourth-order valence-corrected chi connectivity index (χ4v) is 1.93. The van der Waals surface area contributed by atoms with E-state index in [1.54, 1.807) is 12.1 Å². The van der Waals surface area contributed by atoms with Crippen molar-refractivity contribution in [1.82, 2.24) is 0 Å². The Kier molecular flexibility index (Phi) is 3.33. The topological polar surface area (TPSA) is 55.1 Å². The lowest BCUT2D eigenvalue weighted by Crippen LogP contribution is -2.10. The molecule has 0 saturated carbocycles. The molecule has 0 spiro atoms. The third kappa shape index (κ3) is 2.88. The Morgan fingerprint density at radius 1 is 0.944 bits per heavy atom. The van der Waals surface area contributed by atoms with E-state index in [1.165, 1.54) is 11.1 Å². The number of primary amides is 1. The summed E-state index contributed by atoms with van der Waals surface area (Å²) in [7, 11) is 0. The summed E-state index contributed by atoms with van der Waals surface area (Å²) in [6, 6.07) is 13.4. The van der Waals surface area contributed by atoms with E-state index in [-0.39, 0.29) is 0 Å².